The lowest BCUT2D eigenvalue weighted by Gasteiger charge is -2.29. The predicted molar refractivity (Wildman–Crippen MR) is 151 cm³/mol. The highest BCUT2D eigenvalue weighted by atomic mass is 32.1. The molecular formula is C29H28N4O2S2. The molecule has 37 heavy (non-hydrogen) atoms. The van der Waals surface area contributed by atoms with Crippen LogP contribution in [0.15, 0.2) is 35.9 Å². The molecule has 0 spiro atoms. The Morgan fingerprint density at radius 2 is 1.84 bits per heavy atom. The van der Waals surface area contributed by atoms with E-state index in [2.05, 4.69) is 29.8 Å². The summed E-state index contributed by atoms with van der Waals surface area (Å²) in [6.45, 7) is 8.15. The monoisotopic (exact) mass is 528 g/mol. The molecule has 0 bridgehead atoms. The van der Waals surface area contributed by atoms with Crippen molar-refractivity contribution in [2.24, 2.45) is 0 Å². The molecule has 2 amide bonds. The summed E-state index contributed by atoms with van der Waals surface area (Å²) in [5.74, 6) is -0.613. The SMILES string of the molecule is Cc1cc(/C=C2\C(=O)NC(=S)N(c3ccc(C(C)C)cc3)C2=O)c(C)n1-c1sc2c(c1C#N)CCCC2. The normalized spacial score (nSPS) is 16.8. The fraction of sp³-hybridized carbons (Fsp3) is 0.310. The maximum atomic E-state index is 13.5. The summed E-state index contributed by atoms with van der Waals surface area (Å²) in [6, 6.07) is 12.0. The van der Waals surface area contributed by atoms with Gasteiger partial charge in [-0.2, -0.15) is 5.26 Å². The van der Waals surface area contributed by atoms with Crippen molar-refractivity contribution >= 4 is 52.2 Å². The summed E-state index contributed by atoms with van der Waals surface area (Å²) >= 11 is 7.04. The lowest BCUT2D eigenvalue weighted by Crippen LogP contribution is -2.54. The van der Waals surface area contributed by atoms with Gasteiger partial charge in [0, 0.05) is 16.3 Å². The number of amides is 2. The van der Waals surface area contributed by atoms with E-state index in [1.807, 2.05) is 44.2 Å². The third-order valence-electron chi connectivity index (χ3n) is 7.16. The molecule has 2 aromatic heterocycles. The van der Waals surface area contributed by atoms with Crippen LogP contribution in [0.2, 0.25) is 0 Å². The number of nitriles is 1. The van der Waals surface area contributed by atoms with Crippen molar-refractivity contribution in [2.45, 2.75) is 59.3 Å². The topological polar surface area (TPSA) is 78.1 Å². The van der Waals surface area contributed by atoms with Crippen molar-refractivity contribution in [1.29, 1.82) is 5.26 Å². The van der Waals surface area contributed by atoms with Gasteiger partial charge in [-0.05, 0) is 98.6 Å². The Morgan fingerprint density at radius 1 is 1.14 bits per heavy atom. The molecule has 6 nitrogen and oxygen atoms in total. The number of thiophene rings is 1. The van der Waals surface area contributed by atoms with Gasteiger partial charge in [-0.1, -0.05) is 26.0 Å². The molecule has 1 aromatic carbocycles. The van der Waals surface area contributed by atoms with Gasteiger partial charge >= 0.3 is 0 Å². The maximum absolute atomic E-state index is 13.5. The summed E-state index contributed by atoms with van der Waals surface area (Å²) in [5, 5.41) is 13.6. The standard InChI is InChI=1S/C29H28N4O2S2/c1-16(2)19-9-11-21(12-10-19)33-27(35)23(26(34)31-29(33)36)14-20-13-17(3)32(18(20)4)28-24(15-30)22-7-5-6-8-25(22)37-28/h9-14,16H,5-8H2,1-4H3,(H,31,34,36)/b23-14+. The third kappa shape index (κ3) is 4.32. The summed E-state index contributed by atoms with van der Waals surface area (Å²) < 4.78 is 2.08. The quantitative estimate of drug-likeness (QED) is 0.261. The molecule has 3 aromatic rings. The Kier molecular flexibility index (Phi) is 6.61. The van der Waals surface area contributed by atoms with Gasteiger partial charge in [0.1, 0.15) is 16.6 Å². The largest absolute Gasteiger partial charge is 0.308 e. The van der Waals surface area contributed by atoms with Crippen molar-refractivity contribution in [2.75, 3.05) is 4.90 Å². The van der Waals surface area contributed by atoms with E-state index >= 15 is 0 Å². The van der Waals surface area contributed by atoms with Crippen molar-refractivity contribution in [3.8, 4) is 11.1 Å². The van der Waals surface area contributed by atoms with Gasteiger partial charge in [-0.15, -0.1) is 11.3 Å². The van der Waals surface area contributed by atoms with Gasteiger partial charge in [0.25, 0.3) is 11.8 Å². The van der Waals surface area contributed by atoms with Crippen LogP contribution in [0.1, 0.15) is 71.1 Å². The Morgan fingerprint density at radius 3 is 2.51 bits per heavy atom. The van der Waals surface area contributed by atoms with Crippen LogP contribution in [0.3, 0.4) is 0 Å². The van der Waals surface area contributed by atoms with Crippen molar-refractivity contribution in [1.82, 2.24) is 9.88 Å². The number of carbonyl (C=O) groups excluding carboxylic acids is 2. The van der Waals surface area contributed by atoms with Crippen LogP contribution in [-0.4, -0.2) is 21.5 Å². The number of carbonyl (C=O) groups is 2. The van der Waals surface area contributed by atoms with Crippen LogP contribution in [0.4, 0.5) is 5.69 Å². The summed E-state index contributed by atoms with van der Waals surface area (Å²) in [6.07, 6.45) is 5.83. The van der Waals surface area contributed by atoms with Crippen LogP contribution < -0.4 is 10.2 Å². The van der Waals surface area contributed by atoms with E-state index in [4.69, 9.17) is 12.2 Å². The van der Waals surface area contributed by atoms with Crippen molar-refractivity contribution in [3.63, 3.8) is 0 Å². The van der Waals surface area contributed by atoms with Crippen LogP contribution in [-0.2, 0) is 22.4 Å². The highest BCUT2D eigenvalue weighted by Crippen LogP contribution is 2.38. The van der Waals surface area contributed by atoms with E-state index in [9.17, 15) is 14.9 Å². The number of thiocarbonyl (C=S) groups is 1. The first kappa shape index (κ1) is 25.1. The number of nitrogens with one attached hydrogen (secondary N) is 1. The Balaban J connectivity index is 1.54. The maximum Gasteiger partial charge on any atom is 0.270 e. The molecule has 0 radical (unpaired) electrons. The molecule has 5 rings (SSSR count). The second-order valence-electron chi connectivity index (χ2n) is 9.87. The average Bonchev–Trinajstić information content (AvgIpc) is 3.37. The van der Waals surface area contributed by atoms with E-state index < -0.39 is 11.8 Å². The third-order valence-corrected chi connectivity index (χ3v) is 8.72. The molecule has 2 aliphatic rings. The fourth-order valence-electron chi connectivity index (χ4n) is 5.13. The molecule has 3 heterocycles. The smallest absolute Gasteiger partial charge is 0.270 e. The minimum atomic E-state index is -0.515. The lowest BCUT2D eigenvalue weighted by atomic mass is 9.96. The first-order valence-electron chi connectivity index (χ1n) is 12.5. The van der Waals surface area contributed by atoms with Gasteiger partial charge in [0.05, 0.1) is 11.3 Å². The first-order valence-corrected chi connectivity index (χ1v) is 13.7. The van der Waals surface area contributed by atoms with Crippen molar-refractivity contribution < 1.29 is 9.59 Å². The number of anilines is 1. The Labute approximate surface area is 226 Å². The van der Waals surface area contributed by atoms with Gasteiger partial charge in [-0.3, -0.25) is 19.8 Å². The zero-order chi connectivity index (χ0) is 26.4. The van der Waals surface area contributed by atoms with Crippen LogP contribution in [0, 0.1) is 25.2 Å². The molecule has 0 saturated carbocycles. The molecule has 1 fully saturated rings. The zero-order valence-electron chi connectivity index (χ0n) is 21.3. The number of aromatic nitrogens is 1. The fourth-order valence-corrected chi connectivity index (χ4v) is 6.86. The van der Waals surface area contributed by atoms with Gasteiger partial charge < -0.3 is 4.57 Å². The number of nitrogens with zero attached hydrogens (tertiary/aromatic N) is 3. The van der Waals surface area contributed by atoms with Gasteiger partial charge in [0.2, 0.25) is 0 Å². The molecule has 188 valence electrons. The van der Waals surface area contributed by atoms with Gasteiger partial charge in [0.15, 0.2) is 5.11 Å². The second-order valence-corrected chi connectivity index (χ2v) is 11.3. The summed E-state index contributed by atoms with van der Waals surface area (Å²) in [4.78, 5) is 29.1. The van der Waals surface area contributed by atoms with E-state index in [1.54, 1.807) is 17.4 Å². The highest BCUT2D eigenvalue weighted by Gasteiger charge is 2.35. The van der Waals surface area contributed by atoms with E-state index in [1.165, 1.54) is 15.3 Å². The molecule has 8 heteroatoms. The minimum absolute atomic E-state index is 0.0211. The number of aryl methyl sites for hydroxylation is 2. The van der Waals surface area contributed by atoms with E-state index in [-0.39, 0.29) is 10.7 Å². The van der Waals surface area contributed by atoms with E-state index in [0.717, 1.165) is 58.8 Å². The molecular weight excluding hydrogens is 500 g/mol. The van der Waals surface area contributed by atoms with Crippen LogP contribution >= 0.6 is 23.6 Å². The Bertz CT molecular complexity index is 1520. The van der Waals surface area contributed by atoms with Crippen LogP contribution in [0.25, 0.3) is 11.1 Å². The summed E-state index contributed by atoms with van der Waals surface area (Å²) in [5.41, 5.74) is 6.28. The number of benzene rings is 1. The van der Waals surface area contributed by atoms with E-state index in [0.29, 0.717) is 11.6 Å². The zero-order valence-corrected chi connectivity index (χ0v) is 23.0. The Hall–Kier alpha value is -3.54. The van der Waals surface area contributed by atoms with Gasteiger partial charge in [-0.25, -0.2) is 0 Å². The highest BCUT2D eigenvalue weighted by molar-refractivity contribution is 7.80. The lowest BCUT2D eigenvalue weighted by molar-refractivity contribution is -0.122. The number of hydrogen-bond acceptors (Lipinski definition) is 5. The minimum Gasteiger partial charge on any atom is -0.308 e. The molecule has 1 saturated heterocycles. The average molecular weight is 529 g/mol. The molecule has 0 atom stereocenters. The van der Waals surface area contributed by atoms with Crippen molar-refractivity contribution in [3.05, 3.63) is 74.4 Å². The number of rotatable bonds is 4. The van der Waals surface area contributed by atoms with Crippen LogP contribution in [0.5, 0.6) is 0 Å². The predicted octanol–water partition coefficient (Wildman–Crippen LogP) is 5.86. The molecule has 1 aliphatic heterocycles. The first-order chi connectivity index (χ1) is 17.7. The molecule has 0 unspecified atom stereocenters. The number of fused-ring (bicyclic) bond motifs is 1. The number of hydrogen-bond donors (Lipinski definition) is 1. The molecule has 1 aliphatic carbocycles. The molecule has 1 N–H and O–H groups in total. The second kappa shape index (κ2) is 9.73. The summed E-state index contributed by atoms with van der Waals surface area (Å²) in [7, 11) is 0.